The topological polar surface area (TPSA) is 42.0 Å². The quantitative estimate of drug-likeness (QED) is 0.853. The molecular formula is C18H26N2O3. The predicted octanol–water partition coefficient (Wildman–Crippen LogP) is 2.14. The minimum absolute atomic E-state index is 0.0377. The lowest BCUT2D eigenvalue weighted by atomic mass is 10.1. The fraction of sp³-hybridized carbons (Fsp3) is 0.611. The van der Waals surface area contributed by atoms with E-state index in [4.69, 9.17) is 9.47 Å². The SMILES string of the molecule is Cc1cc(N2CCCC2)cc(C)c1OCC(=O)N1CCOCC1. The summed E-state index contributed by atoms with van der Waals surface area (Å²) in [6, 6.07) is 4.35. The van der Waals surface area contributed by atoms with Crippen molar-refractivity contribution >= 4 is 11.6 Å². The fourth-order valence-corrected chi connectivity index (χ4v) is 3.35. The Bertz CT molecular complexity index is 538. The van der Waals surface area contributed by atoms with Crippen molar-refractivity contribution in [1.82, 2.24) is 4.90 Å². The Hall–Kier alpha value is -1.75. The molecule has 0 atom stereocenters. The number of nitrogens with zero attached hydrogens (tertiary/aromatic N) is 2. The van der Waals surface area contributed by atoms with Gasteiger partial charge >= 0.3 is 0 Å². The van der Waals surface area contributed by atoms with Gasteiger partial charge in [0.2, 0.25) is 0 Å². The monoisotopic (exact) mass is 318 g/mol. The van der Waals surface area contributed by atoms with E-state index in [1.165, 1.54) is 18.5 Å². The van der Waals surface area contributed by atoms with Crippen LogP contribution in [0, 0.1) is 13.8 Å². The van der Waals surface area contributed by atoms with Gasteiger partial charge in [0.05, 0.1) is 13.2 Å². The van der Waals surface area contributed by atoms with Crippen molar-refractivity contribution in [3.8, 4) is 5.75 Å². The minimum atomic E-state index is 0.0377. The Balaban J connectivity index is 1.64. The van der Waals surface area contributed by atoms with E-state index in [1.807, 2.05) is 4.90 Å². The lowest BCUT2D eigenvalue weighted by Gasteiger charge is -2.27. The van der Waals surface area contributed by atoms with Crippen molar-refractivity contribution in [3.05, 3.63) is 23.3 Å². The van der Waals surface area contributed by atoms with Crippen LogP contribution < -0.4 is 9.64 Å². The molecular weight excluding hydrogens is 292 g/mol. The summed E-state index contributed by atoms with van der Waals surface area (Å²) in [5.41, 5.74) is 3.47. The van der Waals surface area contributed by atoms with Gasteiger partial charge in [0, 0.05) is 31.9 Å². The Morgan fingerprint density at radius 1 is 1.09 bits per heavy atom. The van der Waals surface area contributed by atoms with E-state index >= 15 is 0 Å². The number of anilines is 1. The molecule has 0 spiro atoms. The van der Waals surface area contributed by atoms with Gasteiger partial charge in [0.1, 0.15) is 5.75 Å². The molecule has 0 N–H and O–H groups in total. The summed E-state index contributed by atoms with van der Waals surface area (Å²) >= 11 is 0. The van der Waals surface area contributed by atoms with Gasteiger partial charge in [0.25, 0.3) is 5.91 Å². The smallest absolute Gasteiger partial charge is 0.260 e. The Kier molecular flexibility index (Phi) is 5.06. The van der Waals surface area contributed by atoms with Crippen LogP contribution in [0.2, 0.25) is 0 Å². The molecule has 0 bridgehead atoms. The van der Waals surface area contributed by atoms with E-state index in [-0.39, 0.29) is 12.5 Å². The summed E-state index contributed by atoms with van der Waals surface area (Å²) in [4.78, 5) is 16.4. The van der Waals surface area contributed by atoms with Crippen LogP contribution in [0.3, 0.4) is 0 Å². The van der Waals surface area contributed by atoms with Crippen LogP contribution in [0.25, 0.3) is 0 Å². The highest BCUT2D eigenvalue weighted by Crippen LogP contribution is 2.30. The van der Waals surface area contributed by atoms with E-state index in [0.29, 0.717) is 26.3 Å². The van der Waals surface area contributed by atoms with Gasteiger partial charge in [-0.25, -0.2) is 0 Å². The van der Waals surface area contributed by atoms with Crippen LogP contribution >= 0.6 is 0 Å². The number of hydrogen-bond acceptors (Lipinski definition) is 4. The maximum Gasteiger partial charge on any atom is 0.260 e. The van der Waals surface area contributed by atoms with Gasteiger partial charge in [-0.15, -0.1) is 0 Å². The molecule has 5 nitrogen and oxygen atoms in total. The van der Waals surface area contributed by atoms with Crippen molar-refractivity contribution in [3.63, 3.8) is 0 Å². The van der Waals surface area contributed by atoms with E-state index in [1.54, 1.807) is 0 Å². The van der Waals surface area contributed by atoms with Crippen LogP contribution in [0.1, 0.15) is 24.0 Å². The number of ether oxygens (including phenoxy) is 2. The number of benzene rings is 1. The third kappa shape index (κ3) is 3.78. The fourth-order valence-electron chi connectivity index (χ4n) is 3.35. The number of hydrogen-bond donors (Lipinski definition) is 0. The first-order chi connectivity index (χ1) is 11.1. The van der Waals surface area contributed by atoms with Crippen molar-refractivity contribution < 1.29 is 14.3 Å². The van der Waals surface area contributed by atoms with Gasteiger partial charge in [0.15, 0.2) is 6.61 Å². The summed E-state index contributed by atoms with van der Waals surface area (Å²) in [6.07, 6.45) is 2.54. The lowest BCUT2D eigenvalue weighted by Crippen LogP contribution is -2.43. The van der Waals surface area contributed by atoms with Crippen LogP contribution in [0.15, 0.2) is 12.1 Å². The molecule has 23 heavy (non-hydrogen) atoms. The van der Waals surface area contributed by atoms with Crippen LogP contribution in [-0.4, -0.2) is 56.8 Å². The summed E-state index contributed by atoms with van der Waals surface area (Å²) in [6.45, 7) is 9.04. The molecule has 0 saturated carbocycles. The molecule has 2 aliphatic heterocycles. The molecule has 0 unspecified atom stereocenters. The standard InChI is InChI=1S/C18H26N2O3/c1-14-11-16(19-5-3-4-6-19)12-15(2)18(14)23-13-17(21)20-7-9-22-10-8-20/h11-12H,3-10,13H2,1-2H3. The van der Waals surface area contributed by atoms with Gasteiger partial charge in [-0.05, 0) is 49.9 Å². The van der Waals surface area contributed by atoms with Crippen LogP contribution in [0.5, 0.6) is 5.75 Å². The number of carbonyl (C=O) groups is 1. The van der Waals surface area contributed by atoms with Gasteiger partial charge in [-0.3, -0.25) is 4.79 Å². The highest BCUT2D eigenvalue weighted by Gasteiger charge is 2.19. The van der Waals surface area contributed by atoms with E-state index in [0.717, 1.165) is 30.0 Å². The largest absolute Gasteiger partial charge is 0.483 e. The highest BCUT2D eigenvalue weighted by atomic mass is 16.5. The second-order valence-electron chi connectivity index (χ2n) is 6.38. The van der Waals surface area contributed by atoms with Crippen LogP contribution in [-0.2, 0) is 9.53 Å². The number of carbonyl (C=O) groups excluding carboxylic acids is 1. The second-order valence-corrected chi connectivity index (χ2v) is 6.38. The second kappa shape index (κ2) is 7.21. The lowest BCUT2D eigenvalue weighted by molar-refractivity contribution is -0.137. The summed E-state index contributed by atoms with van der Waals surface area (Å²) in [7, 11) is 0. The Morgan fingerprint density at radius 3 is 2.30 bits per heavy atom. The van der Waals surface area contributed by atoms with E-state index in [9.17, 15) is 4.79 Å². The molecule has 3 rings (SSSR count). The third-order valence-electron chi connectivity index (χ3n) is 4.62. The zero-order valence-corrected chi connectivity index (χ0v) is 14.1. The number of rotatable bonds is 4. The number of morpholine rings is 1. The molecule has 1 aromatic carbocycles. The first kappa shape index (κ1) is 16.1. The first-order valence-corrected chi connectivity index (χ1v) is 8.49. The highest BCUT2D eigenvalue weighted by molar-refractivity contribution is 5.78. The van der Waals surface area contributed by atoms with Crippen molar-refractivity contribution in [2.45, 2.75) is 26.7 Å². The normalized spacial score (nSPS) is 18.3. The molecule has 126 valence electrons. The van der Waals surface area contributed by atoms with E-state index in [2.05, 4.69) is 30.9 Å². The van der Waals surface area contributed by atoms with Gasteiger partial charge < -0.3 is 19.3 Å². The van der Waals surface area contributed by atoms with E-state index < -0.39 is 0 Å². The zero-order chi connectivity index (χ0) is 16.2. The number of aryl methyl sites for hydroxylation is 2. The average Bonchev–Trinajstić information content (AvgIpc) is 3.09. The molecule has 0 aromatic heterocycles. The first-order valence-electron chi connectivity index (χ1n) is 8.49. The Labute approximate surface area is 138 Å². The maximum absolute atomic E-state index is 12.2. The molecule has 1 aromatic rings. The average molecular weight is 318 g/mol. The molecule has 2 heterocycles. The molecule has 5 heteroatoms. The molecule has 2 fully saturated rings. The molecule has 2 aliphatic rings. The molecule has 1 amide bonds. The molecule has 0 aliphatic carbocycles. The summed E-state index contributed by atoms with van der Waals surface area (Å²) < 4.78 is 11.1. The zero-order valence-electron chi connectivity index (χ0n) is 14.1. The van der Waals surface area contributed by atoms with Gasteiger partial charge in [-0.2, -0.15) is 0 Å². The molecule has 0 radical (unpaired) electrons. The van der Waals surface area contributed by atoms with Crippen LogP contribution in [0.4, 0.5) is 5.69 Å². The van der Waals surface area contributed by atoms with Crippen molar-refractivity contribution in [1.29, 1.82) is 0 Å². The third-order valence-corrected chi connectivity index (χ3v) is 4.62. The predicted molar refractivity (Wildman–Crippen MR) is 90.3 cm³/mol. The van der Waals surface area contributed by atoms with Crippen molar-refractivity contribution in [2.24, 2.45) is 0 Å². The van der Waals surface area contributed by atoms with Crippen molar-refractivity contribution in [2.75, 3.05) is 50.9 Å². The summed E-state index contributed by atoms with van der Waals surface area (Å²) in [5.74, 6) is 0.880. The Morgan fingerprint density at radius 2 is 1.70 bits per heavy atom. The number of amides is 1. The maximum atomic E-state index is 12.2. The minimum Gasteiger partial charge on any atom is -0.483 e. The summed E-state index contributed by atoms with van der Waals surface area (Å²) in [5, 5.41) is 0. The van der Waals surface area contributed by atoms with Gasteiger partial charge in [-0.1, -0.05) is 0 Å². The molecule has 2 saturated heterocycles.